The molecule has 106 valence electrons. The molecule has 0 atom stereocenters. The molecule has 0 aliphatic heterocycles. The zero-order valence-corrected chi connectivity index (χ0v) is 11.4. The van der Waals surface area contributed by atoms with Crippen molar-refractivity contribution >= 4 is 15.8 Å². The lowest BCUT2D eigenvalue weighted by Crippen LogP contribution is -2.04. The molecule has 0 unspecified atom stereocenters. The van der Waals surface area contributed by atoms with Crippen molar-refractivity contribution in [2.45, 2.75) is 10.8 Å². The van der Waals surface area contributed by atoms with Gasteiger partial charge in [0.15, 0.2) is 0 Å². The van der Waals surface area contributed by atoms with Gasteiger partial charge >= 0.3 is 5.97 Å². The maximum absolute atomic E-state index is 12.1. The number of aromatic carboxylic acids is 1. The van der Waals surface area contributed by atoms with Crippen molar-refractivity contribution in [3.8, 4) is 5.75 Å². The average molecular weight is 296 g/mol. The minimum Gasteiger partial charge on any atom is -0.497 e. The third-order valence-electron chi connectivity index (χ3n) is 2.59. The Kier molecular flexibility index (Phi) is 3.80. The van der Waals surface area contributed by atoms with Crippen LogP contribution < -0.4 is 4.74 Å². The highest BCUT2D eigenvalue weighted by atomic mass is 32.2. The Hall–Kier alpha value is -2.28. The van der Waals surface area contributed by atoms with E-state index < -0.39 is 21.6 Å². The minimum absolute atomic E-state index is 0.295. The molecule has 0 aliphatic rings. The van der Waals surface area contributed by atoms with Crippen LogP contribution in [0.3, 0.4) is 0 Å². The Morgan fingerprint density at radius 1 is 1.30 bits per heavy atom. The summed E-state index contributed by atoms with van der Waals surface area (Å²) in [6.07, 6.45) is 0. The van der Waals surface area contributed by atoms with E-state index in [0.29, 0.717) is 11.3 Å². The fraction of sp³-hybridized carbons (Fsp3) is 0.154. The molecule has 20 heavy (non-hydrogen) atoms. The second kappa shape index (κ2) is 5.38. The molecular weight excluding hydrogens is 284 g/mol. The SMILES string of the molecule is COc1cccc(CS(=O)(=O)c2ccc(C(=O)O)o2)c1. The van der Waals surface area contributed by atoms with E-state index >= 15 is 0 Å². The first-order valence-corrected chi connectivity index (χ1v) is 7.26. The van der Waals surface area contributed by atoms with Crippen LogP contribution in [0.25, 0.3) is 0 Å². The normalized spacial score (nSPS) is 11.2. The molecule has 2 aromatic rings. The second-order valence-corrected chi connectivity index (χ2v) is 5.95. The van der Waals surface area contributed by atoms with Crippen LogP contribution in [0.2, 0.25) is 0 Å². The quantitative estimate of drug-likeness (QED) is 0.906. The van der Waals surface area contributed by atoms with E-state index in [4.69, 9.17) is 14.3 Å². The molecule has 0 radical (unpaired) electrons. The maximum Gasteiger partial charge on any atom is 0.371 e. The van der Waals surface area contributed by atoms with Gasteiger partial charge in [-0.05, 0) is 29.8 Å². The number of hydrogen-bond acceptors (Lipinski definition) is 5. The van der Waals surface area contributed by atoms with Crippen molar-refractivity contribution in [1.82, 2.24) is 0 Å². The molecule has 0 fully saturated rings. The van der Waals surface area contributed by atoms with E-state index in [1.165, 1.54) is 7.11 Å². The second-order valence-electron chi connectivity index (χ2n) is 4.03. The number of rotatable bonds is 5. The lowest BCUT2D eigenvalue weighted by atomic mass is 10.2. The van der Waals surface area contributed by atoms with Crippen LogP contribution in [0.5, 0.6) is 5.75 Å². The van der Waals surface area contributed by atoms with Crippen molar-refractivity contribution in [1.29, 1.82) is 0 Å². The highest BCUT2D eigenvalue weighted by molar-refractivity contribution is 7.90. The van der Waals surface area contributed by atoms with Gasteiger partial charge in [-0.1, -0.05) is 12.1 Å². The fourth-order valence-electron chi connectivity index (χ4n) is 1.66. The number of carboxylic acid groups (broad SMARTS) is 1. The highest BCUT2D eigenvalue weighted by Crippen LogP contribution is 2.21. The summed E-state index contributed by atoms with van der Waals surface area (Å²) in [7, 11) is -2.25. The summed E-state index contributed by atoms with van der Waals surface area (Å²) < 4.78 is 34.1. The average Bonchev–Trinajstić information content (AvgIpc) is 2.89. The highest BCUT2D eigenvalue weighted by Gasteiger charge is 2.21. The number of hydrogen-bond donors (Lipinski definition) is 1. The molecule has 6 nitrogen and oxygen atoms in total. The Morgan fingerprint density at radius 2 is 2.05 bits per heavy atom. The van der Waals surface area contributed by atoms with Crippen LogP contribution >= 0.6 is 0 Å². The summed E-state index contributed by atoms with van der Waals surface area (Å²) >= 11 is 0. The summed E-state index contributed by atoms with van der Waals surface area (Å²) in [6, 6.07) is 8.86. The molecule has 1 aromatic carbocycles. The summed E-state index contributed by atoms with van der Waals surface area (Å²) in [5, 5.41) is 8.35. The summed E-state index contributed by atoms with van der Waals surface area (Å²) in [5.41, 5.74) is 0.526. The molecule has 0 spiro atoms. The van der Waals surface area contributed by atoms with Gasteiger partial charge in [0.1, 0.15) is 5.75 Å². The number of methoxy groups -OCH3 is 1. The molecule has 2 rings (SSSR count). The first-order chi connectivity index (χ1) is 9.42. The van der Waals surface area contributed by atoms with Crippen molar-refractivity contribution in [3.05, 3.63) is 47.7 Å². The van der Waals surface area contributed by atoms with E-state index in [1.807, 2.05) is 0 Å². The molecule has 0 amide bonds. The lowest BCUT2D eigenvalue weighted by molar-refractivity contribution is 0.0656. The first-order valence-electron chi connectivity index (χ1n) is 5.61. The number of carbonyl (C=O) groups is 1. The van der Waals surface area contributed by atoms with Gasteiger partial charge in [0.2, 0.25) is 20.7 Å². The Morgan fingerprint density at radius 3 is 2.65 bits per heavy atom. The number of furan rings is 1. The van der Waals surface area contributed by atoms with Crippen molar-refractivity contribution < 1.29 is 27.5 Å². The molecular formula is C13H12O6S. The van der Waals surface area contributed by atoms with E-state index in [2.05, 4.69) is 0 Å². The van der Waals surface area contributed by atoms with Crippen LogP contribution in [0.1, 0.15) is 16.1 Å². The number of ether oxygens (including phenoxy) is 1. The smallest absolute Gasteiger partial charge is 0.371 e. The largest absolute Gasteiger partial charge is 0.497 e. The van der Waals surface area contributed by atoms with E-state index in [9.17, 15) is 13.2 Å². The van der Waals surface area contributed by atoms with Crippen LogP contribution in [0.4, 0.5) is 0 Å². The van der Waals surface area contributed by atoms with Crippen molar-refractivity contribution in [2.24, 2.45) is 0 Å². The van der Waals surface area contributed by atoms with Gasteiger partial charge in [0, 0.05) is 0 Å². The summed E-state index contributed by atoms with van der Waals surface area (Å²) in [4.78, 5) is 10.7. The van der Waals surface area contributed by atoms with Crippen LogP contribution in [-0.4, -0.2) is 26.6 Å². The van der Waals surface area contributed by atoms with Gasteiger partial charge in [0.05, 0.1) is 12.9 Å². The standard InChI is InChI=1S/C13H12O6S/c1-18-10-4-2-3-9(7-10)8-20(16,17)12-6-5-11(19-12)13(14)15/h2-7H,8H2,1H3,(H,14,15). The maximum atomic E-state index is 12.1. The zero-order valence-electron chi connectivity index (χ0n) is 10.6. The summed E-state index contributed by atoms with van der Waals surface area (Å²) in [5.74, 6) is -1.47. The molecule has 7 heteroatoms. The van der Waals surface area contributed by atoms with Gasteiger partial charge < -0.3 is 14.3 Å². The van der Waals surface area contributed by atoms with Gasteiger partial charge in [0.25, 0.3) is 0 Å². The Balaban J connectivity index is 2.27. The third-order valence-corrected chi connectivity index (χ3v) is 4.14. The number of sulfone groups is 1. The molecule has 1 aromatic heterocycles. The zero-order chi connectivity index (χ0) is 14.8. The minimum atomic E-state index is -3.74. The van der Waals surface area contributed by atoms with Crippen molar-refractivity contribution in [2.75, 3.05) is 7.11 Å². The third kappa shape index (κ3) is 3.00. The molecule has 0 saturated carbocycles. The molecule has 1 N–H and O–H groups in total. The van der Waals surface area contributed by atoms with E-state index in [1.54, 1.807) is 24.3 Å². The predicted molar refractivity (Wildman–Crippen MR) is 69.6 cm³/mol. The van der Waals surface area contributed by atoms with Gasteiger partial charge in [-0.25, -0.2) is 13.2 Å². The predicted octanol–water partition coefficient (Wildman–Crippen LogP) is 1.96. The first kappa shape index (κ1) is 14.1. The molecule has 0 aliphatic carbocycles. The van der Waals surface area contributed by atoms with Gasteiger partial charge in [-0.3, -0.25) is 0 Å². The lowest BCUT2D eigenvalue weighted by Gasteiger charge is -2.04. The van der Waals surface area contributed by atoms with E-state index in [0.717, 1.165) is 12.1 Å². The van der Waals surface area contributed by atoms with Crippen LogP contribution in [-0.2, 0) is 15.6 Å². The number of carboxylic acids is 1. The van der Waals surface area contributed by atoms with Crippen LogP contribution in [0.15, 0.2) is 45.9 Å². The summed E-state index contributed by atoms with van der Waals surface area (Å²) in [6.45, 7) is 0. The Labute approximate surface area is 115 Å². The molecule has 0 saturated heterocycles. The Bertz CT molecular complexity index is 729. The van der Waals surface area contributed by atoms with E-state index in [-0.39, 0.29) is 10.8 Å². The topological polar surface area (TPSA) is 93.8 Å². The fourth-order valence-corrected chi connectivity index (χ4v) is 2.91. The van der Waals surface area contributed by atoms with Gasteiger partial charge in [-0.2, -0.15) is 0 Å². The monoisotopic (exact) mass is 296 g/mol. The van der Waals surface area contributed by atoms with Crippen LogP contribution in [0, 0.1) is 0 Å². The number of benzene rings is 1. The molecule has 0 bridgehead atoms. The van der Waals surface area contributed by atoms with Gasteiger partial charge in [-0.15, -0.1) is 0 Å². The van der Waals surface area contributed by atoms with Crippen molar-refractivity contribution in [3.63, 3.8) is 0 Å². The molecule has 1 heterocycles.